The van der Waals surface area contributed by atoms with Crippen LogP contribution in [0.3, 0.4) is 0 Å². The second kappa shape index (κ2) is 9.23. The molecule has 1 amide bonds. The van der Waals surface area contributed by atoms with Crippen LogP contribution in [0.25, 0.3) is 11.8 Å². The Hall–Kier alpha value is -3.30. The highest BCUT2D eigenvalue weighted by atomic mass is 35.5. The summed E-state index contributed by atoms with van der Waals surface area (Å²) < 4.78 is 0. The lowest BCUT2D eigenvalue weighted by Crippen LogP contribution is -2.25. The molecule has 4 rings (SSSR count). The third-order valence-electron chi connectivity index (χ3n) is 5.48. The number of carbonyl (C=O) groups is 1. The number of nitrogens with zero attached hydrogens (tertiary/aromatic N) is 2. The van der Waals surface area contributed by atoms with Crippen LogP contribution in [0.15, 0.2) is 90.5 Å². The first-order chi connectivity index (χ1) is 15.1. The predicted octanol–water partition coefficient (Wildman–Crippen LogP) is 6.66. The van der Waals surface area contributed by atoms with E-state index in [1.807, 2.05) is 78.9 Å². The Labute approximate surface area is 188 Å². The van der Waals surface area contributed by atoms with Crippen molar-refractivity contribution in [3.63, 3.8) is 0 Å². The summed E-state index contributed by atoms with van der Waals surface area (Å²) in [6, 6.07) is 25.7. The molecule has 0 aliphatic carbocycles. The monoisotopic (exact) mass is 428 g/mol. The maximum Gasteiger partial charge on any atom is 0.262 e. The van der Waals surface area contributed by atoms with E-state index in [0.29, 0.717) is 10.6 Å². The molecular formula is C27H25ClN2O. The highest BCUT2D eigenvalue weighted by Crippen LogP contribution is 2.36. The van der Waals surface area contributed by atoms with Crippen molar-refractivity contribution in [2.45, 2.75) is 13.8 Å². The van der Waals surface area contributed by atoms with Crippen LogP contribution in [0, 0.1) is 0 Å². The average Bonchev–Trinajstić information content (AvgIpc) is 3.12. The van der Waals surface area contributed by atoms with Crippen molar-refractivity contribution in [2.75, 3.05) is 22.9 Å². The van der Waals surface area contributed by atoms with Crippen molar-refractivity contribution >= 4 is 40.7 Å². The smallest absolute Gasteiger partial charge is 0.262 e. The molecule has 0 fully saturated rings. The van der Waals surface area contributed by atoms with Gasteiger partial charge < -0.3 is 4.90 Å². The van der Waals surface area contributed by atoms with Crippen LogP contribution in [-0.2, 0) is 4.79 Å². The summed E-state index contributed by atoms with van der Waals surface area (Å²) in [5.41, 5.74) is 5.44. The van der Waals surface area contributed by atoms with E-state index in [1.54, 1.807) is 4.90 Å². The number of anilines is 2. The Kier molecular flexibility index (Phi) is 6.24. The highest BCUT2D eigenvalue weighted by molar-refractivity contribution is 6.30. The zero-order valence-electron chi connectivity index (χ0n) is 17.8. The minimum Gasteiger partial charge on any atom is -0.372 e. The first-order valence-corrected chi connectivity index (χ1v) is 10.9. The van der Waals surface area contributed by atoms with Gasteiger partial charge in [0.2, 0.25) is 0 Å². The van der Waals surface area contributed by atoms with Crippen LogP contribution < -0.4 is 9.80 Å². The van der Waals surface area contributed by atoms with E-state index in [9.17, 15) is 4.79 Å². The molecule has 31 heavy (non-hydrogen) atoms. The van der Waals surface area contributed by atoms with Crippen molar-refractivity contribution in [3.8, 4) is 0 Å². The Balaban J connectivity index is 1.76. The van der Waals surface area contributed by atoms with Gasteiger partial charge in [-0.05, 0) is 73.5 Å². The lowest BCUT2D eigenvalue weighted by molar-refractivity contribution is -0.113. The number of halogens is 1. The van der Waals surface area contributed by atoms with Gasteiger partial charge in [0.05, 0.1) is 5.70 Å². The number of hydrogen-bond donors (Lipinski definition) is 0. The summed E-state index contributed by atoms with van der Waals surface area (Å²) in [4.78, 5) is 17.5. The van der Waals surface area contributed by atoms with Crippen molar-refractivity contribution in [3.05, 3.63) is 107 Å². The van der Waals surface area contributed by atoms with Crippen LogP contribution in [0.5, 0.6) is 0 Å². The van der Waals surface area contributed by atoms with Gasteiger partial charge in [0, 0.05) is 35.1 Å². The van der Waals surface area contributed by atoms with Crippen LogP contribution in [0.2, 0.25) is 5.02 Å². The van der Waals surface area contributed by atoms with E-state index in [0.717, 1.165) is 41.3 Å². The van der Waals surface area contributed by atoms with Crippen LogP contribution in [-0.4, -0.2) is 19.0 Å². The number of carbonyl (C=O) groups excluding carboxylic acids is 1. The molecule has 0 aromatic heterocycles. The molecule has 0 radical (unpaired) electrons. The molecule has 0 unspecified atom stereocenters. The summed E-state index contributed by atoms with van der Waals surface area (Å²) >= 11 is 6.09. The van der Waals surface area contributed by atoms with Gasteiger partial charge in [-0.2, -0.15) is 0 Å². The number of rotatable bonds is 6. The van der Waals surface area contributed by atoms with Gasteiger partial charge in [-0.25, -0.2) is 0 Å². The van der Waals surface area contributed by atoms with Crippen LogP contribution in [0.1, 0.15) is 25.0 Å². The van der Waals surface area contributed by atoms with E-state index in [4.69, 9.17) is 11.6 Å². The Morgan fingerprint density at radius 2 is 1.52 bits per heavy atom. The molecule has 0 atom stereocenters. The molecule has 0 bridgehead atoms. The minimum absolute atomic E-state index is 0.0376. The molecule has 1 aliphatic heterocycles. The summed E-state index contributed by atoms with van der Waals surface area (Å²) in [5, 5.41) is 0.670. The Bertz CT molecular complexity index is 1110. The molecule has 0 N–H and O–H groups in total. The molecule has 3 nitrogen and oxygen atoms in total. The summed E-state index contributed by atoms with van der Waals surface area (Å²) in [6.07, 6.45) is 3.89. The average molecular weight is 429 g/mol. The summed E-state index contributed by atoms with van der Waals surface area (Å²) in [6.45, 7) is 6.17. The fourth-order valence-electron chi connectivity index (χ4n) is 3.84. The molecule has 0 spiro atoms. The quantitative estimate of drug-likeness (QED) is 0.410. The van der Waals surface area contributed by atoms with E-state index in [2.05, 4.69) is 30.9 Å². The van der Waals surface area contributed by atoms with Crippen molar-refractivity contribution in [1.29, 1.82) is 0 Å². The molecule has 3 aromatic carbocycles. The van der Waals surface area contributed by atoms with Gasteiger partial charge in [-0.3, -0.25) is 9.69 Å². The summed E-state index contributed by atoms with van der Waals surface area (Å²) in [5.74, 6) is -0.0376. The largest absolute Gasteiger partial charge is 0.372 e. The first-order valence-electron chi connectivity index (χ1n) is 10.5. The predicted molar refractivity (Wildman–Crippen MR) is 131 cm³/mol. The third kappa shape index (κ3) is 4.42. The topological polar surface area (TPSA) is 23.6 Å². The second-order valence-corrected chi connectivity index (χ2v) is 7.81. The van der Waals surface area contributed by atoms with Gasteiger partial charge in [0.25, 0.3) is 5.91 Å². The molecule has 1 aliphatic rings. The van der Waals surface area contributed by atoms with Gasteiger partial charge >= 0.3 is 0 Å². The van der Waals surface area contributed by atoms with Gasteiger partial charge in [0.15, 0.2) is 0 Å². The lowest BCUT2D eigenvalue weighted by atomic mass is 10.1. The van der Waals surface area contributed by atoms with E-state index >= 15 is 0 Å². The highest BCUT2D eigenvalue weighted by Gasteiger charge is 2.30. The van der Waals surface area contributed by atoms with Crippen LogP contribution in [0.4, 0.5) is 11.4 Å². The van der Waals surface area contributed by atoms with Gasteiger partial charge in [-0.1, -0.05) is 54.1 Å². The Morgan fingerprint density at radius 1 is 0.871 bits per heavy atom. The fourth-order valence-corrected chi connectivity index (χ4v) is 3.96. The molecule has 156 valence electrons. The van der Waals surface area contributed by atoms with Crippen molar-refractivity contribution in [2.24, 2.45) is 0 Å². The molecular weight excluding hydrogens is 404 g/mol. The number of amides is 1. The molecule has 0 saturated heterocycles. The standard InChI is InChI=1S/C27H25ClN2O/c1-3-29(4-2)24-14-16-25(17-15-24)30-26(21-10-12-23(28)13-11-21)19-22(27(30)31)18-20-8-6-5-7-9-20/h5-19H,3-4H2,1-2H3/b22-18+. The normalized spacial score (nSPS) is 14.8. The van der Waals surface area contributed by atoms with E-state index in [-0.39, 0.29) is 5.91 Å². The number of benzene rings is 3. The maximum atomic E-state index is 13.5. The summed E-state index contributed by atoms with van der Waals surface area (Å²) in [7, 11) is 0. The third-order valence-corrected chi connectivity index (χ3v) is 5.73. The number of hydrogen-bond acceptors (Lipinski definition) is 2. The molecule has 1 heterocycles. The SMILES string of the molecule is CCN(CC)c1ccc(N2C(=O)/C(=C/c3ccccc3)C=C2c2ccc(Cl)cc2)cc1. The minimum atomic E-state index is -0.0376. The van der Waals surface area contributed by atoms with E-state index in [1.165, 1.54) is 0 Å². The van der Waals surface area contributed by atoms with Crippen molar-refractivity contribution < 1.29 is 4.79 Å². The maximum absolute atomic E-state index is 13.5. The van der Waals surface area contributed by atoms with Gasteiger partial charge in [-0.15, -0.1) is 0 Å². The van der Waals surface area contributed by atoms with E-state index < -0.39 is 0 Å². The lowest BCUT2D eigenvalue weighted by Gasteiger charge is -2.24. The molecule has 3 aromatic rings. The Morgan fingerprint density at radius 3 is 2.13 bits per heavy atom. The zero-order valence-corrected chi connectivity index (χ0v) is 18.5. The fraction of sp³-hybridized carbons (Fsp3) is 0.148. The first kappa shape index (κ1) is 21.0. The molecule has 4 heteroatoms. The van der Waals surface area contributed by atoms with Crippen LogP contribution >= 0.6 is 11.6 Å². The second-order valence-electron chi connectivity index (χ2n) is 7.38. The van der Waals surface area contributed by atoms with Crippen molar-refractivity contribution in [1.82, 2.24) is 0 Å². The zero-order chi connectivity index (χ0) is 21.8. The van der Waals surface area contributed by atoms with Gasteiger partial charge in [0.1, 0.15) is 0 Å². The molecule has 0 saturated carbocycles.